The summed E-state index contributed by atoms with van der Waals surface area (Å²) in [7, 11) is 0. The van der Waals surface area contributed by atoms with Gasteiger partial charge in [-0.2, -0.15) is 4.98 Å². The minimum absolute atomic E-state index is 0.243. The molecule has 1 aromatic heterocycles. The molecule has 0 aliphatic carbocycles. The maximum Gasteiger partial charge on any atom is 0.224 e. The molecule has 0 spiro atoms. The van der Waals surface area contributed by atoms with E-state index in [0.29, 0.717) is 5.69 Å². The molecular formula is C8H12ClN5. The molecule has 0 aromatic carbocycles. The normalized spacial score (nSPS) is 17.1. The molecule has 0 amide bonds. The lowest BCUT2D eigenvalue weighted by Gasteiger charge is -2.29. The molecule has 1 fully saturated rings. The van der Waals surface area contributed by atoms with Gasteiger partial charge in [-0.15, -0.1) is 0 Å². The van der Waals surface area contributed by atoms with Crippen LogP contribution < -0.4 is 16.0 Å². The molecule has 1 aliphatic rings. The first-order valence-electron chi connectivity index (χ1n) is 4.51. The molecule has 2 rings (SSSR count). The van der Waals surface area contributed by atoms with Gasteiger partial charge in [0, 0.05) is 26.2 Å². The van der Waals surface area contributed by atoms with Crippen LogP contribution in [-0.2, 0) is 0 Å². The molecule has 5 nitrogen and oxygen atoms in total. The van der Waals surface area contributed by atoms with Crippen LogP contribution in [0.15, 0.2) is 6.20 Å². The van der Waals surface area contributed by atoms with E-state index in [1.54, 1.807) is 6.20 Å². The summed E-state index contributed by atoms with van der Waals surface area (Å²) in [6, 6.07) is 0. The van der Waals surface area contributed by atoms with Crippen LogP contribution in [0.25, 0.3) is 0 Å². The summed E-state index contributed by atoms with van der Waals surface area (Å²) >= 11 is 5.72. The van der Waals surface area contributed by atoms with Gasteiger partial charge < -0.3 is 16.0 Å². The van der Waals surface area contributed by atoms with Gasteiger partial charge in [-0.3, -0.25) is 0 Å². The van der Waals surface area contributed by atoms with Crippen molar-refractivity contribution in [1.82, 2.24) is 15.3 Å². The summed E-state index contributed by atoms with van der Waals surface area (Å²) < 4.78 is 0. The van der Waals surface area contributed by atoms with Crippen molar-refractivity contribution in [2.24, 2.45) is 0 Å². The van der Waals surface area contributed by atoms with Crippen LogP contribution in [0.2, 0.25) is 5.28 Å². The number of nitrogens with two attached hydrogens (primary N) is 1. The second-order valence-electron chi connectivity index (χ2n) is 3.16. The number of anilines is 2. The Morgan fingerprint density at radius 2 is 2.14 bits per heavy atom. The Bertz CT molecular complexity index is 324. The monoisotopic (exact) mass is 213 g/mol. The van der Waals surface area contributed by atoms with E-state index >= 15 is 0 Å². The SMILES string of the molecule is Nc1cnc(Cl)nc1N1CCNCC1. The summed E-state index contributed by atoms with van der Waals surface area (Å²) in [5.41, 5.74) is 6.35. The first-order chi connectivity index (χ1) is 6.77. The second kappa shape index (κ2) is 3.98. The summed E-state index contributed by atoms with van der Waals surface area (Å²) in [6.45, 7) is 3.69. The Balaban J connectivity index is 2.24. The van der Waals surface area contributed by atoms with Gasteiger partial charge in [0.2, 0.25) is 5.28 Å². The fraction of sp³-hybridized carbons (Fsp3) is 0.500. The smallest absolute Gasteiger partial charge is 0.224 e. The Hall–Kier alpha value is -1.07. The quantitative estimate of drug-likeness (QED) is 0.649. The highest BCUT2D eigenvalue weighted by atomic mass is 35.5. The van der Waals surface area contributed by atoms with E-state index in [9.17, 15) is 0 Å². The van der Waals surface area contributed by atoms with Crippen LogP contribution in [0.4, 0.5) is 11.5 Å². The molecule has 1 aromatic rings. The zero-order chi connectivity index (χ0) is 9.97. The second-order valence-corrected chi connectivity index (χ2v) is 3.49. The van der Waals surface area contributed by atoms with E-state index in [1.165, 1.54) is 0 Å². The number of rotatable bonds is 1. The molecule has 14 heavy (non-hydrogen) atoms. The molecule has 1 aliphatic heterocycles. The van der Waals surface area contributed by atoms with Crippen molar-refractivity contribution < 1.29 is 0 Å². The average Bonchev–Trinajstić information content (AvgIpc) is 2.23. The van der Waals surface area contributed by atoms with Gasteiger partial charge in [-0.05, 0) is 11.6 Å². The van der Waals surface area contributed by atoms with Gasteiger partial charge in [0.25, 0.3) is 0 Å². The highest BCUT2D eigenvalue weighted by Gasteiger charge is 2.14. The predicted molar refractivity (Wildman–Crippen MR) is 56.5 cm³/mol. The molecule has 6 heteroatoms. The molecule has 0 unspecified atom stereocenters. The topological polar surface area (TPSA) is 67.1 Å². The zero-order valence-corrected chi connectivity index (χ0v) is 8.46. The standard InChI is InChI=1S/C8H12ClN5/c9-8-12-5-6(10)7(13-8)14-3-1-11-2-4-14/h5,11H,1-4,10H2. The lowest BCUT2D eigenvalue weighted by Crippen LogP contribution is -2.44. The summed E-state index contributed by atoms with van der Waals surface area (Å²) in [5.74, 6) is 0.742. The zero-order valence-electron chi connectivity index (χ0n) is 7.70. The van der Waals surface area contributed by atoms with Crippen LogP contribution in [0.5, 0.6) is 0 Å². The fourth-order valence-electron chi connectivity index (χ4n) is 1.49. The summed E-state index contributed by atoms with van der Waals surface area (Å²) in [6.07, 6.45) is 1.55. The van der Waals surface area contributed by atoms with Crippen LogP contribution >= 0.6 is 11.6 Å². The highest BCUT2D eigenvalue weighted by Crippen LogP contribution is 2.20. The number of piperazine rings is 1. The van der Waals surface area contributed by atoms with Gasteiger partial charge in [0.05, 0.1) is 11.9 Å². The molecule has 0 bridgehead atoms. The third-order valence-electron chi connectivity index (χ3n) is 2.18. The Morgan fingerprint density at radius 1 is 1.43 bits per heavy atom. The van der Waals surface area contributed by atoms with E-state index in [-0.39, 0.29) is 5.28 Å². The van der Waals surface area contributed by atoms with Crippen molar-refractivity contribution in [3.8, 4) is 0 Å². The van der Waals surface area contributed by atoms with Gasteiger partial charge in [-0.1, -0.05) is 0 Å². The Kier molecular flexibility index (Phi) is 2.69. The van der Waals surface area contributed by atoms with Crippen molar-refractivity contribution in [2.75, 3.05) is 36.8 Å². The van der Waals surface area contributed by atoms with Gasteiger partial charge in [-0.25, -0.2) is 4.98 Å². The maximum absolute atomic E-state index is 5.77. The summed E-state index contributed by atoms with van der Waals surface area (Å²) in [4.78, 5) is 10.1. The number of hydrogen-bond acceptors (Lipinski definition) is 5. The molecule has 0 saturated carbocycles. The van der Waals surface area contributed by atoms with Gasteiger partial charge in [0.1, 0.15) is 0 Å². The predicted octanol–water partition coefficient (Wildman–Crippen LogP) is 0.122. The van der Waals surface area contributed by atoms with Crippen LogP contribution in [0, 0.1) is 0 Å². The molecule has 3 N–H and O–H groups in total. The maximum atomic E-state index is 5.77. The molecule has 1 saturated heterocycles. The lowest BCUT2D eigenvalue weighted by molar-refractivity contribution is 0.585. The van der Waals surface area contributed by atoms with Crippen LogP contribution in [0.1, 0.15) is 0 Å². The van der Waals surface area contributed by atoms with Crippen molar-refractivity contribution in [1.29, 1.82) is 0 Å². The molecular weight excluding hydrogens is 202 g/mol. The Morgan fingerprint density at radius 3 is 2.86 bits per heavy atom. The number of nitrogens with zero attached hydrogens (tertiary/aromatic N) is 3. The highest BCUT2D eigenvalue weighted by molar-refractivity contribution is 6.28. The molecule has 76 valence electrons. The van der Waals surface area contributed by atoms with Gasteiger partial charge >= 0.3 is 0 Å². The first-order valence-corrected chi connectivity index (χ1v) is 4.89. The van der Waals surface area contributed by atoms with E-state index in [1.807, 2.05) is 0 Å². The van der Waals surface area contributed by atoms with Gasteiger partial charge in [0.15, 0.2) is 5.82 Å². The third kappa shape index (κ3) is 1.88. The van der Waals surface area contributed by atoms with Crippen LogP contribution in [-0.4, -0.2) is 36.1 Å². The molecule has 2 heterocycles. The molecule has 0 radical (unpaired) electrons. The number of nitrogen functional groups attached to an aromatic ring is 1. The van der Waals surface area contributed by atoms with E-state index in [4.69, 9.17) is 17.3 Å². The first kappa shape index (κ1) is 9.48. The van der Waals surface area contributed by atoms with Crippen molar-refractivity contribution in [2.45, 2.75) is 0 Å². The third-order valence-corrected chi connectivity index (χ3v) is 2.37. The fourth-order valence-corrected chi connectivity index (χ4v) is 1.62. The lowest BCUT2D eigenvalue weighted by atomic mass is 10.3. The summed E-state index contributed by atoms with van der Waals surface area (Å²) in [5, 5.41) is 3.50. The average molecular weight is 214 g/mol. The van der Waals surface area contributed by atoms with Crippen molar-refractivity contribution >= 4 is 23.1 Å². The Labute approximate surface area is 87.3 Å². The number of aromatic nitrogens is 2. The minimum atomic E-state index is 0.243. The number of halogens is 1. The van der Waals surface area contributed by atoms with Crippen molar-refractivity contribution in [3.05, 3.63) is 11.5 Å². The van der Waals surface area contributed by atoms with Crippen LogP contribution in [0.3, 0.4) is 0 Å². The number of hydrogen-bond donors (Lipinski definition) is 2. The van der Waals surface area contributed by atoms with Crippen molar-refractivity contribution in [3.63, 3.8) is 0 Å². The van der Waals surface area contributed by atoms with E-state index < -0.39 is 0 Å². The molecule has 0 atom stereocenters. The number of nitrogens with one attached hydrogen (secondary N) is 1. The van der Waals surface area contributed by atoms with E-state index in [2.05, 4.69) is 20.2 Å². The largest absolute Gasteiger partial charge is 0.394 e. The minimum Gasteiger partial charge on any atom is -0.394 e. The van der Waals surface area contributed by atoms with E-state index in [0.717, 1.165) is 32.0 Å².